The molecule has 0 atom stereocenters. The zero-order chi connectivity index (χ0) is 26.4. The number of amides is 2. The van der Waals surface area contributed by atoms with Gasteiger partial charge in [0.25, 0.3) is 5.91 Å². The summed E-state index contributed by atoms with van der Waals surface area (Å²) in [5, 5.41) is 27.1. The fraction of sp³-hybridized carbons (Fsp3) is 0.348. The smallest absolute Gasteiger partial charge is 0.305 e. The van der Waals surface area contributed by atoms with Crippen molar-refractivity contribution >= 4 is 35.0 Å². The van der Waals surface area contributed by atoms with Crippen molar-refractivity contribution in [3.63, 3.8) is 0 Å². The minimum Gasteiger partial charge on any atom is -0.494 e. The Hall–Kier alpha value is -4.59. The molecule has 1 aromatic carbocycles. The van der Waals surface area contributed by atoms with E-state index in [-0.39, 0.29) is 48.6 Å². The normalized spacial score (nSPS) is 12.6. The number of hydrogen-bond donors (Lipinski definition) is 4. The van der Waals surface area contributed by atoms with E-state index in [0.29, 0.717) is 22.8 Å². The largest absolute Gasteiger partial charge is 0.494 e. The molecule has 0 radical (unpaired) electrons. The van der Waals surface area contributed by atoms with E-state index in [1.807, 2.05) is 0 Å². The van der Waals surface area contributed by atoms with E-state index in [1.54, 1.807) is 25.1 Å². The molecule has 0 bridgehead atoms. The zero-order valence-electron chi connectivity index (χ0n) is 20.2. The van der Waals surface area contributed by atoms with Crippen LogP contribution >= 0.6 is 0 Å². The Morgan fingerprint density at radius 1 is 1.19 bits per heavy atom. The molecule has 3 aromatic rings. The van der Waals surface area contributed by atoms with Crippen molar-refractivity contribution in [2.75, 3.05) is 24.4 Å². The number of ether oxygens (including phenoxy) is 1. The molecule has 2 heterocycles. The van der Waals surface area contributed by atoms with E-state index in [1.165, 1.54) is 24.2 Å². The number of anilines is 3. The highest BCUT2D eigenvalue weighted by Crippen LogP contribution is 2.37. The number of para-hydroxylation sites is 1. The van der Waals surface area contributed by atoms with Gasteiger partial charge in [0.2, 0.25) is 5.91 Å². The number of nitrogens with zero attached hydrogens (tertiary/aromatic N) is 5. The maximum Gasteiger partial charge on any atom is 0.305 e. The second-order valence-corrected chi connectivity index (χ2v) is 8.11. The summed E-state index contributed by atoms with van der Waals surface area (Å²) in [6, 6.07) is 6.70. The summed E-state index contributed by atoms with van der Waals surface area (Å²) in [6.45, 7) is 2.13. The Morgan fingerprint density at radius 3 is 2.70 bits per heavy atom. The molecule has 37 heavy (non-hydrogen) atoms. The molecular formula is C23H26N8O6. The monoisotopic (exact) mass is 510 g/mol. The number of carboxylic acid groups (broad SMARTS) is 1. The van der Waals surface area contributed by atoms with E-state index in [4.69, 9.17) is 14.7 Å². The van der Waals surface area contributed by atoms with Gasteiger partial charge in [0.1, 0.15) is 6.33 Å². The number of carbonyl (C=O) groups excluding carboxylic acids is 2. The van der Waals surface area contributed by atoms with Gasteiger partial charge in [-0.15, -0.1) is 10.2 Å². The molecule has 14 nitrogen and oxygen atoms in total. The van der Waals surface area contributed by atoms with Gasteiger partial charge in [-0.3, -0.25) is 23.9 Å². The summed E-state index contributed by atoms with van der Waals surface area (Å²) < 4.78 is 7.06. The number of benzene rings is 1. The molecule has 0 unspecified atom stereocenters. The van der Waals surface area contributed by atoms with Gasteiger partial charge in [0, 0.05) is 12.0 Å². The van der Waals surface area contributed by atoms with Crippen LogP contribution in [-0.2, 0) is 21.0 Å². The molecule has 4 rings (SSSR count). The number of carboxylic acids is 1. The van der Waals surface area contributed by atoms with Gasteiger partial charge < -0.3 is 20.5 Å². The van der Waals surface area contributed by atoms with Crippen molar-refractivity contribution < 1.29 is 29.1 Å². The molecule has 4 N–H and O–H groups in total. The van der Waals surface area contributed by atoms with Crippen molar-refractivity contribution in [2.24, 2.45) is 5.92 Å². The molecule has 0 spiro atoms. The fourth-order valence-corrected chi connectivity index (χ4v) is 3.39. The van der Waals surface area contributed by atoms with Crippen LogP contribution in [0.3, 0.4) is 0 Å². The minimum atomic E-state index is -0.941. The second kappa shape index (κ2) is 11.4. The number of hydrogen-bond acceptors (Lipinski definition) is 10. The van der Waals surface area contributed by atoms with Crippen LogP contribution in [0.15, 0.2) is 30.6 Å². The lowest BCUT2D eigenvalue weighted by molar-refractivity contribution is -0.137. The van der Waals surface area contributed by atoms with Gasteiger partial charge in [-0.25, -0.2) is 10.5 Å². The SMILES string of the molecule is CCONC(=O)c1nnc(NC(=O)C2CC2)cc1Nc1cccc(-c2ncn(CCC(=O)O)n2)c1OC. The highest BCUT2D eigenvalue weighted by molar-refractivity contribution is 5.99. The zero-order valence-corrected chi connectivity index (χ0v) is 20.2. The standard InChI is InChI=1S/C23H26N8O6/c1-3-37-30-23(35)19-16(11-17(27-28-19)26-22(34)13-7-8-13)25-15-6-4-5-14(20(15)36-2)21-24-12-31(29-21)10-9-18(32)33/h4-6,11-13H,3,7-10H2,1-2H3,(H,30,35)(H,32,33)(H2,25,26,27,34). The average molecular weight is 511 g/mol. The van der Waals surface area contributed by atoms with Crippen LogP contribution in [0.25, 0.3) is 11.4 Å². The lowest BCUT2D eigenvalue weighted by atomic mass is 10.1. The summed E-state index contributed by atoms with van der Waals surface area (Å²) in [6.07, 6.45) is 2.99. The number of carbonyl (C=O) groups is 3. The molecule has 1 aliphatic rings. The Labute approximate surface area is 211 Å². The summed E-state index contributed by atoms with van der Waals surface area (Å²) in [4.78, 5) is 45.0. The van der Waals surface area contributed by atoms with Crippen molar-refractivity contribution in [2.45, 2.75) is 32.7 Å². The molecule has 2 aromatic heterocycles. The van der Waals surface area contributed by atoms with Crippen molar-refractivity contribution in [1.29, 1.82) is 0 Å². The minimum absolute atomic E-state index is 0.0429. The predicted molar refractivity (Wildman–Crippen MR) is 130 cm³/mol. The van der Waals surface area contributed by atoms with Gasteiger partial charge in [-0.1, -0.05) is 6.07 Å². The molecule has 1 aliphatic carbocycles. The van der Waals surface area contributed by atoms with Gasteiger partial charge in [0.05, 0.1) is 43.6 Å². The Bertz CT molecular complexity index is 1310. The maximum absolute atomic E-state index is 12.7. The van der Waals surface area contributed by atoms with Crippen LogP contribution in [0.1, 0.15) is 36.7 Å². The summed E-state index contributed by atoms with van der Waals surface area (Å²) >= 11 is 0. The summed E-state index contributed by atoms with van der Waals surface area (Å²) in [5.74, 6) is -0.897. The van der Waals surface area contributed by atoms with Crippen LogP contribution in [-0.4, -0.2) is 61.6 Å². The average Bonchev–Trinajstić information content (AvgIpc) is 3.64. The molecule has 1 fully saturated rings. The van der Waals surface area contributed by atoms with Crippen molar-refractivity contribution in [1.82, 2.24) is 30.4 Å². The maximum atomic E-state index is 12.7. The van der Waals surface area contributed by atoms with E-state index in [9.17, 15) is 14.4 Å². The second-order valence-electron chi connectivity index (χ2n) is 8.11. The number of rotatable bonds is 12. The van der Waals surface area contributed by atoms with E-state index < -0.39 is 11.9 Å². The van der Waals surface area contributed by atoms with Gasteiger partial charge in [0.15, 0.2) is 23.1 Å². The molecule has 2 amide bonds. The van der Waals surface area contributed by atoms with E-state index in [0.717, 1.165) is 12.8 Å². The van der Waals surface area contributed by atoms with Crippen molar-refractivity contribution in [3.05, 3.63) is 36.3 Å². The van der Waals surface area contributed by atoms with E-state index >= 15 is 0 Å². The first kappa shape index (κ1) is 25.5. The molecule has 194 valence electrons. The molecule has 14 heteroatoms. The van der Waals surface area contributed by atoms with Gasteiger partial charge in [-0.05, 0) is 31.9 Å². The highest BCUT2D eigenvalue weighted by atomic mass is 16.6. The lowest BCUT2D eigenvalue weighted by Gasteiger charge is -2.16. The van der Waals surface area contributed by atoms with Crippen LogP contribution in [0, 0.1) is 5.92 Å². The summed E-state index contributed by atoms with van der Waals surface area (Å²) in [5.41, 5.74) is 3.45. The molecule has 0 aliphatic heterocycles. The number of methoxy groups -OCH3 is 1. The van der Waals surface area contributed by atoms with Crippen LogP contribution < -0.4 is 20.9 Å². The number of aryl methyl sites for hydroxylation is 1. The Balaban J connectivity index is 1.65. The van der Waals surface area contributed by atoms with E-state index in [2.05, 4.69) is 36.4 Å². The topological polar surface area (TPSA) is 182 Å². The number of hydroxylamine groups is 1. The van der Waals surface area contributed by atoms with Gasteiger partial charge in [-0.2, -0.15) is 5.10 Å². The molecule has 1 saturated carbocycles. The quantitative estimate of drug-likeness (QED) is 0.261. The molecular weight excluding hydrogens is 484 g/mol. The number of nitrogens with one attached hydrogen (secondary N) is 3. The first-order chi connectivity index (χ1) is 17.9. The fourth-order valence-electron chi connectivity index (χ4n) is 3.39. The van der Waals surface area contributed by atoms with Crippen LogP contribution in [0.4, 0.5) is 17.2 Å². The third kappa shape index (κ3) is 6.35. The highest BCUT2D eigenvalue weighted by Gasteiger charge is 2.30. The summed E-state index contributed by atoms with van der Waals surface area (Å²) in [7, 11) is 1.47. The van der Waals surface area contributed by atoms with Crippen LogP contribution in [0.5, 0.6) is 5.75 Å². The van der Waals surface area contributed by atoms with Crippen molar-refractivity contribution in [3.8, 4) is 17.1 Å². The third-order valence-electron chi connectivity index (χ3n) is 5.34. The third-order valence-corrected chi connectivity index (χ3v) is 5.34. The first-order valence-corrected chi connectivity index (χ1v) is 11.6. The number of aromatic nitrogens is 5. The Morgan fingerprint density at radius 2 is 2.00 bits per heavy atom. The lowest BCUT2D eigenvalue weighted by Crippen LogP contribution is -2.26. The van der Waals surface area contributed by atoms with Gasteiger partial charge >= 0.3 is 5.97 Å². The Kier molecular flexibility index (Phi) is 7.88. The van der Waals surface area contributed by atoms with Crippen LogP contribution in [0.2, 0.25) is 0 Å². The first-order valence-electron chi connectivity index (χ1n) is 11.6. The number of aliphatic carboxylic acids is 1. The molecule has 0 saturated heterocycles. The predicted octanol–water partition coefficient (Wildman–Crippen LogP) is 1.99.